The zero-order valence-electron chi connectivity index (χ0n) is 15.7. The number of phenolic OH excluding ortho intramolecular Hbond substituents is 1. The number of rotatable bonds is 7. The molecule has 1 aromatic heterocycles. The Hall–Kier alpha value is -3.24. The van der Waals surface area contributed by atoms with E-state index in [2.05, 4.69) is 5.32 Å². The second-order valence-corrected chi connectivity index (χ2v) is 6.21. The van der Waals surface area contributed by atoms with Crippen LogP contribution in [0.5, 0.6) is 23.0 Å². The van der Waals surface area contributed by atoms with Crippen molar-refractivity contribution in [2.24, 2.45) is 0 Å². The van der Waals surface area contributed by atoms with Gasteiger partial charge in [0.15, 0.2) is 0 Å². The highest BCUT2D eigenvalue weighted by molar-refractivity contribution is 5.83. The van der Waals surface area contributed by atoms with Gasteiger partial charge in [0.05, 0.1) is 24.7 Å². The number of halogens is 3. The van der Waals surface area contributed by atoms with Crippen molar-refractivity contribution in [2.75, 3.05) is 20.3 Å². The molecular weight excluding hydrogens is 407 g/mol. The molecular formula is C20H18F3NO6. The number of aliphatic hydroxyl groups is 1. The lowest BCUT2D eigenvalue weighted by molar-refractivity contribution is -0.154. The predicted molar refractivity (Wildman–Crippen MR) is 101 cm³/mol. The number of methoxy groups -OCH3 is 1. The number of nitrogens with one attached hydrogen (secondary N) is 1. The molecule has 0 radical (unpaired) electrons. The third-order valence-corrected chi connectivity index (χ3v) is 4.21. The summed E-state index contributed by atoms with van der Waals surface area (Å²) in [6, 6.07) is 8.09. The van der Waals surface area contributed by atoms with Crippen LogP contribution in [0.1, 0.15) is 11.3 Å². The summed E-state index contributed by atoms with van der Waals surface area (Å²) in [6.45, 7) is -0.217. The summed E-state index contributed by atoms with van der Waals surface area (Å²) < 4.78 is 56.4. The smallest absolute Gasteiger partial charge is 0.453 e. The van der Waals surface area contributed by atoms with Crippen LogP contribution in [0.3, 0.4) is 0 Å². The number of aromatic hydroxyl groups is 1. The molecule has 30 heavy (non-hydrogen) atoms. The van der Waals surface area contributed by atoms with Crippen molar-refractivity contribution in [2.45, 2.75) is 12.7 Å². The summed E-state index contributed by atoms with van der Waals surface area (Å²) in [6.07, 6.45) is -5.04. The Morgan fingerprint density at radius 1 is 1.17 bits per heavy atom. The molecule has 160 valence electrons. The van der Waals surface area contributed by atoms with Crippen LogP contribution < -0.4 is 20.2 Å². The maximum atomic E-state index is 13.7. The number of fused-ring (bicyclic) bond motifs is 1. The van der Waals surface area contributed by atoms with E-state index in [-0.39, 0.29) is 42.1 Å². The fourth-order valence-electron chi connectivity index (χ4n) is 2.81. The topological polar surface area (TPSA) is 101 Å². The molecule has 0 saturated carbocycles. The van der Waals surface area contributed by atoms with Crippen LogP contribution in [0.25, 0.3) is 11.0 Å². The molecule has 3 aromatic rings. The van der Waals surface area contributed by atoms with Crippen molar-refractivity contribution in [1.29, 1.82) is 0 Å². The minimum atomic E-state index is -5.04. The molecule has 0 fully saturated rings. The molecule has 0 atom stereocenters. The van der Waals surface area contributed by atoms with Crippen LogP contribution in [0.4, 0.5) is 13.2 Å². The van der Waals surface area contributed by atoms with Crippen LogP contribution in [-0.2, 0) is 12.7 Å². The molecule has 10 heteroatoms. The van der Waals surface area contributed by atoms with Gasteiger partial charge < -0.3 is 29.4 Å². The molecule has 0 bridgehead atoms. The first-order chi connectivity index (χ1) is 14.3. The van der Waals surface area contributed by atoms with Crippen molar-refractivity contribution in [1.82, 2.24) is 5.32 Å². The average Bonchev–Trinajstić information content (AvgIpc) is 2.71. The third kappa shape index (κ3) is 4.34. The van der Waals surface area contributed by atoms with Gasteiger partial charge >= 0.3 is 6.18 Å². The molecule has 0 amide bonds. The van der Waals surface area contributed by atoms with E-state index >= 15 is 0 Å². The largest absolute Gasteiger partial charge is 0.507 e. The van der Waals surface area contributed by atoms with Crippen LogP contribution in [0.15, 0.2) is 45.6 Å². The van der Waals surface area contributed by atoms with E-state index in [4.69, 9.17) is 19.0 Å². The highest BCUT2D eigenvalue weighted by Gasteiger charge is 2.41. The van der Waals surface area contributed by atoms with E-state index in [1.165, 1.54) is 31.4 Å². The molecule has 2 aromatic carbocycles. The molecule has 1 heterocycles. The zero-order chi connectivity index (χ0) is 21.9. The maximum Gasteiger partial charge on any atom is 0.453 e. The van der Waals surface area contributed by atoms with Crippen LogP contribution in [0, 0.1) is 0 Å². The van der Waals surface area contributed by atoms with Gasteiger partial charge in [0, 0.05) is 19.2 Å². The lowest BCUT2D eigenvalue weighted by Gasteiger charge is -2.15. The van der Waals surface area contributed by atoms with Crippen molar-refractivity contribution >= 4 is 11.0 Å². The highest BCUT2D eigenvalue weighted by atomic mass is 19.4. The number of hydrogen-bond acceptors (Lipinski definition) is 7. The van der Waals surface area contributed by atoms with Gasteiger partial charge in [-0.2, -0.15) is 13.2 Å². The molecule has 3 rings (SSSR count). The standard InChI is InChI=1S/C20H18F3NO6/c1-28-11-3-2-4-12(9-11)29-18-16(27)13-5-6-15(26)14(10-24-7-8-25)17(13)30-19(18)20(21,22)23/h2-6,9,24-26H,7-8,10H2,1H3. The Kier molecular flexibility index (Phi) is 6.18. The Labute approximate surface area is 168 Å². The first-order valence-electron chi connectivity index (χ1n) is 8.78. The van der Waals surface area contributed by atoms with Crippen molar-refractivity contribution < 1.29 is 37.3 Å². The van der Waals surface area contributed by atoms with E-state index in [1.54, 1.807) is 6.07 Å². The molecule has 0 aliphatic heterocycles. The monoisotopic (exact) mass is 425 g/mol. The molecule has 0 saturated heterocycles. The number of hydrogen-bond donors (Lipinski definition) is 3. The summed E-state index contributed by atoms with van der Waals surface area (Å²) in [4.78, 5) is 12.9. The molecule has 0 aliphatic rings. The Morgan fingerprint density at radius 2 is 1.90 bits per heavy atom. The second-order valence-electron chi connectivity index (χ2n) is 6.21. The SMILES string of the molecule is COc1cccc(Oc2c(C(F)(F)F)oc3c(CNCCO)c(O)ccc3c2=O)c1. The van der Waals surface area contributed by atoms with Crippen molar-refractivity contribution in [3.05, 3.63) is 57.9 Å². The van der Waals surface area contributed by atoms with Crippen molar-refractivity contribution in [3.8, 4) is 23.0 Å². The summed E-state index contributed by atoms with van der Waals surface area (Å²) >= 11 is 0. The first-order valence-corrected chi connectivity index (χ1v) is 8.78. The Morgan fingerprint density at radius 3 is 2.57 bits per heavy atom. The minimum absolute atomic E-state index is 0.0449. The van der Waals surface area contributed by atoms with Gasteiger partial charge in [-0.3, -0.25) is 4.79 Å². The van der Waals surface area contributed by atoms with Crippen LogP contribution in [0.2, 0.25) is 0 Å². The molecule has 7 nitrogen and oxygen atoms in total. The van der Waals surface area contributed by atoms with E-state index in [0.717, 1.165) is 6.07 Å². The Balaban J connectivity index is 2.20. The summed E-state index contributed by atoms with van der Waals surface area (Å²) in [5, 5.41) is 21.5. The van der Waals surface area contributed by atoms with Gasteiger partial charge in [-0.25, -0.2) is 0 Å². The quantitative estimate of drug-likeness (QED) is 0.499. The Bertz CT molecular complexity index is 1110. The lowest BCUT2D eigenvalue weighted by atomic mass is 10.1. The molecule has 3 N–H and O–H groups in total. The van der Waals surface area contributed by atoms with Gasteiger partial charge in [0.1, 0.15) is 22.8 Å². The van der Waals surface area contributed by atoms with Crippen molar-refractivity contribution in [3.63, 3.8) is 0 Å². The average molecular weight is 425 g/mol. The highest BCUT2D eigenvalue weighted by Crippen LogP contribution is 2.40. The summed E-state index contributed by atoms with van der Waals surface area (Å²) in [5.74, 6) is -2.73. The normalized spacial score (nSPS) is 11.6. The van der Waals surface area contributed by atoms with Gasteiger partial charge in [-0.05, 0) is 24.3 Å². The first kappa shape index (κ1) is 21.5. The predicted octanol–water partition coefficient (Wildman–Crippen LogP) is 3.40. The van der Waals surface area contributed by atoms with Gasteiger partial charge in [0.25, 0.3) is 5.76 Å². The number of benzene rings is 2. The number of phenols is 1. The minimum Gasteiger partial charge on any atom is -0.507 e. The number of aliphatic hydroxyl groups excluding tert-OH is 1. The van der Waals surface area contributed by atoms with E-state index in [9.17, 15) is 23.1 Å². The summed E-state index contributed by atoms with van der Waals surface area (Å²) in [5.41, 5.74) is -1.51. The maximum absolute atomic E-state index is 13.7. The number of alkyl halides is 3. The fraction of sp³-hybridized carbons (Fsp3) is 0.250. The van der Waals surface area contributed by atoms with E-state index in [0.29, 0.717) is 5.75 Å². The van der Waals surface area contributed by atoms with Crippen LogP contribution >= 0.6 is 0 Å². The fourth-order valence-corrected chi connectivity index (χ4v) is 2.81. The van der Waals surface area contributed by atoms with Gasteiger partial charge in [-0.15, -0.1) is 0 Å². The third-order valence-electron chi connectivity index (χ3n) is 4.21. The molecule has 0 aliphatic carbocycles. The molecule has 0 spiro atoms. The van der Waals surface area contributed by atoms with E-state index in [1.807, 2.05) is 0 Å². The van der Waals surface area contributed by atoms with Gasteiger partial charge in [0.2, 0.25) is 11.2 Å². The van der Waals surface area contributed by atoms with E-state index < -0.39 is 28.7 Å². The zero-order valence-corrected chi connectivity index (χ0v) is 15.7. The summed E-state index contributed by atoms with van der Waals surface area (Å²) in [7, 11) is 1.38. The molecule has 0 unspecified atom stereocenters. The van der Waals surface area contributed by atoms with Crippen LogP contribution in [-0.4, -0.2) is 30.5 Å². The second kappa shape index (κ2) is 8.64. The lowest BCUT2D eigenvalue weighted by Crippen LogP contribution is -2.19. The van der Waals surface area contributed by atoms with Gasteiger partial charge in [-0.1, -0.05) is 6.07 Å². The number of ether oxygens (including phenoxy) is 2.